The van der Waals surface area contributed by atoms with Gasteiger partial charge in [0.2, 0.25) is 15.6 Å². The minimum Gasteiger partial charge on any atom is -0.475 e. The van der Waals surface area contributed by atoms with Gasteiger partial charge in [-0.1, -0.05) is 11.6 Å². The topological polar surface area (TPSA) is 121 Å². The highest BCUT2D eigenvalue weighted by Crippen LogP contribution is 2.25. The van der Waals surface area contributed by atoms with Crippen molar-refractivity contribution in [3.63, 3.8) is 0 Å². The number of carboxylic acid groups (broad SMARTS) is 1. The van der Waals surface area contributed by atoms with Crippen molar-refractivity contribution >= 4 is 39.0 Å². The number of rotatable bonds is 6. The van der Waals surface area contributed by atoms with E-state index in [-0.39, 0.29) is 15.5 Å². The molecule has 0 unspecified atom stereocenters. The van der Waals surface area contributed by atoms with Crippen molar-refractivity contribution in [1.82, 2.24) is 4.98 Å². The van der Waals surface area contributed by atoms with E-state index in [4.69, 9.17) is 16.7 Å². The summed E-state index contributed by atoms with van der Waals surface area (Å²) in [7, 11) is -4.01. The molecule has 9 heteroatoms. The third-order valence-corrected chi connectivity index (χ3v) is 5.02. The number of nitrogens with one attached hydrogen (secondary N) is 1. The summed E-state index contributed by atoms with van der Waals surface area (Å²) in [5.74, 6) is -4.00. The van der Waals surface area contributed by atoms with Gasteiger partial charge in [-0.05, 0) is 30.3 Å². The van der Waals surface area contributed by atoms with E-state index in [1.807, 2.05) is 0 Å². The van der Waals surface area contributed by atoms with Crippen LogP contribution in [-0.2, 0) is 19.4 Å². The Kier molecular flexibility index (Phi) is 4.67. The van der Waals surface area contributed by atoms with Crippen molar-refractivity contribution in [3.8, 4) is 0 Å². The lowest BCUT2D eigenvalue weighted by molar-refractivity contribution is -0.148. The van der Waals surface area contributed by atoms with E-state index in [0.29, 0.717) is 5.02 Å². The smallest absolute Gasteiger partial charge is 0.372 e. The van der Waals surface area contributed by atoms with Crippen LogP contribution in [0.3, 0.4) is 0 Å². The van der Waals surface area contributed by atoms with E-state index >= 15 is 0 Å². The maximum absolute atomic E-state index is 12.5. The van der Waals surface area contributed by atoms with E-state index in [9.17, 15) is 22.8 Å². The molecule has 120 valence electrons. The number of aromatic amines is 1. The van der Waals surface area contributed by atoms with Gasteiger partial charge in [0.15, 0.2) is 5.78 Å². The molecule has 0 saturated heterocycles. The number of halogens is 1. The Hall–Kier alpha value is -2.45. The van der Waals surface area contributed by atoms with Gasteiger partial charge in [0.25, 0.3) is 0 Å². The number of sulfone groups is 1. The summed E-state index contributed by atoms with van der Waals surface area (Å²) in [6.45, 7) is 0. The molecule has 7 nitrogen and oxygen atoms in total. The summed E-state index contributed by atoms with van der Waals surface area (Å²) in [6.07, 6.45) is 0.292. The first-order chi connectivity index (χ1) is 10.7. The molecule has 0 amide bonds. The van der Waals surface area contributed by atoms with Crippen LogP contribution in [0, 0.1) is 0 Å². The molecule has 0 fully saturated rings. The van der Waals surface area contributed by atoms with E-state index in [1.54, 1.807) is 0 Å². The third kappa shape index (κ3) is 3.49. The standard InChI is InChI=1S/C14H10ClNO6S/c15-8-1-3-9(4-2-8)23(21,22)12-5-6-16-13(12)10(17)7-11(18)14(19)20/h1-6,16H,7H2,(H,19,20). The molecular weight excluding hydrogens is 346 g/mol. The zero-order valence-electron chi connectivity index (χ0n) is 11.4. The maximum Gasteiger partial charge on any atom is 0.372 e. The van der Waals surface area contributed by atoms with Crippen LogP contribution < -0.4 is 0 Å². The number of Topliss-reactive ketones (excluding diaryl/α,β-unsaturated/α-hetero) is 2. The quantitative estimate of drug-likeness (QED) is 0.462. The van der Waals surface area contributed by atoms with Crippen LogP contribution in [0.25, 0.3) is 0 Å². The fourth-order valence-corrected chi connectivity index (χ4v) is 3.41. The molecular formula is C14H10ClNO6S. The van der Waals surface area contributed by atoms with Crippen molar-refractivity contribution in [2.75, 3.05) is 0 Å². The van der Waals surface area contributed by atoms with Gasteiger partial charge in [-0.2, -0.15) is 0 Å². The number of carbonyl (C=O) groups excluding carboxylic acids is 2. The van der Waals surface area contributed by atoms with Crippen LogP contribution in [0.4, 0.5) is 0 Å². The summed E-state index contributed by atoms with van der Waals surface area (Å²) in [4.78, 5) is 35.6. The molecule has 0 aliphatic carbocycles. The SMILES string of the molecule is O=C(O)C(=O)CC(=O)c1[nH]ccc1S(=O)(=O)c1ccc(Cl)cc1. The predicted octanol–water partition coefficient (Wildman–Crippen LogP) is 1.73. The number of carboxylic acids is 1. The van der Waals surface area contributed by atoms with Gasteiger partial charge in [-0.15, -0.1) is 0 Å². The highest BCUT2D eigenvalue weighted by Gasteiger charge is 2.27. The fourth-order valence-electron chi connectivity index (χ4n) is 1.85. The first-order valence-corrected chi connectivity index (χ1v) is 8.07. The first-order valence-electron chi connectivity index (χ1n) is 6.21. The van der Waals surface area contributed by atoms with Crippen molar-refractivity contribution in [3.05, 3.63) is 47.2 Å². The largest absolute Gasteiger partial charge is 0.475 e. The Labute approximate surface area is 135 Å². The Morgan fingerprint density at radius 1 is 1.09 bits per heavy atom. The molecule has 0 saturated carbocycles. The molecule has 1 heterocycles. The number of benzene rings is 1. The van der Waals surface area contributed by atoms with Crippen molar-refractivity contribution in [2.45, 2.75) is 16.2 Å². The Bertz CT molecular complexity index is 882. The molecule has 2 rings (SSSR count). The second-order valence-electron chi connectivity index (χ2n) is 4.50. The third-order valence-electron chi connectivity index (χ3n) is 2.96. The molecule has 0 bridgehead atoms. The lowest BCUT2D eigenvalue weighted by Gasteiger charge is -2.05. The normalized spacial score (nSPS) is 11.2. The number of aliphatic carboxylic acids is 1. The van der Waals surface area contributed by atoms with Crippen LogP contribution in [0.2, 0.25) is 5.02 Å². The first kappa shape index (κ1) is 16.9. The van der Waals surface area contributed by atoms with Crippen LogP contribution in [-0.4, -0.2) is 36.0 Å². The average molecular weight is 356 g/mol. The maximum atomic E-state index is 12.5. The molecule has 2 N–H and O–H groups in total. The zero-order valence-corrected chi connectivity index (χ0v) is 13.0. The van der Waals surface area contributed by atoms with Gasteiger partial charge in [0.1, 0.15) is 10.6 Å². The molecule has 23 heavy (non-hydrogen) atoms. The molecule has 2 aromatic rings. The number of ketones is 2. The molecule has 0 spiro atoms. The molecule has 1 aromatic heterocycles. The van der Waals surface area contributed by atoms with Crippen LogP contribution >= 0.6 is 11.6 Å². The second-order valence-corrected chi connectivity index (χ2v) is 6.86. The number of aromatic nitrogens is 1. The number of carbonyl (C=O) groups is 3. The van der Waals surface area contributed by atoms with Gasteiger partial charge < -0.3 is 10.1 Å². The second kappa shape index (κ2) is 6.35. The van der Waals surface area contributed by atoms with Gasteiger partial charge in [0.05, 0.1) is 11.3 Å². The van der Waals surface area contributed by atoms with Gasteiger partial charge >= 0.3 is 5.97 Å². The summed E-state index contributed by atoms with van der Waals surface area (Å²) in [5, 5.41) is 8.87. The zero-order chi connectivity index (χ0) is 17.2. The van der Waals surface area contributed by atoms with E-state index < -0.39 is 33.8 Å². The number of H-pyrrole nitrogens is 1. The lowest BCUT2D eigenvalue weighted by Crippen LogP contribution is -2.18. The number of hydrogen-bond acceptors (Lipinski definition) is 5. The molecule has 0 atom stereocenters. The van der Waals surface area contributed by atoms with Crippen molar-refractivity contribution in [2.24, 2.45) is 0 Å². The molecule has 0 aliphatic rings. The van der Waals surface area contributed by atoms with E-state index in [1.165, 1.54) is 36.5 Å². The average Bonchev–Trinajstić information content (AvgIpc) is 2.97. The summed E-state index contributed by atoms with van der Waals surface area (Å²) >= 11 is 5.71. The monoisotopic (exact) mass is 355 g/mol. The summed E-state index contributed by atoms with van der Waals surface area (Å²) < 4.78 is 25.1. The molecule has 0 radical (unpaired) electrons. The van der Waals surface area contributed by atoms with Gasteiger partial charge in [0, 0.05) is 11.2 Å². The van der Waals surface area contributed by atoms with Crippen molar-refractivity contribution in [1.29, 1.82) is 0 Å². The van der Waals surface area contributed by atoms with Gasteiger partial charge in [-0.25, -0.2) is 13.2 Å². The molecule has 1 aromatic carbocycles. The Morgan fingerprint density at radius 2 is 1.70 bits per heavy atom. The fraction of sp³-hybridized carbons (Fsp3) is 0.0714. The predicted molar refractivity (Wildman–Crippen MR) is 79.3 cm³/mol. The molecule has 0 aliphatic heterocycles. The summed E-state index contributed by atoms with van der Waals surface area (Å²) in [5.41, 5.74) is -0.338. The van der Waals surface area contributed by atoms with Crippen molar-refractivity contribution < 1.29 is 27.9 Å². The summed E-state index contributed by atoms with van der Waals surface area (Å²) in [6, 6.07) is 6.50. The highest BCUT2D eigenvalue weighted by atomic mass is 35.5. The van der Waals surface area contributed by atoms with Crippen LogP contribution in [0.1, 0.15) is 16.9 Å². The van der Waals surface area contributed by atoms with E-state index in [0.717, 1.165) is 0 Å². The van der Waals surface area contributed by atoms with Gasteiger partial charge in [-0.3, -0.25) is 9.59 Å². The highest BCUT2D eigenvalue weighted by molar-refractivity contribution is 7.91. The van der Waals surface area contributed by atoms with Crippen LogP contribution in [0.5, 0.6) is 0 Å². The minimum atomic E-state index is -4.01. The van der Waals surface area contributed by atoms with Crippen LogP contribution in [0.15, 0.2) is 46.3 Å². The Balaban J connectivity index is 2.40. The van der Waals surface area contributed by atoms with E-state index in [2.05, 4.69) is 4.98 Å². The Morgan fingerprint density at radius 3 is 2.26 bits per heavy atom. The lowest BCUT2D eigenvalue weighted by atomic mass is 10.1. The minimum absolute atomic E-state index is 0.0832. The number of hydrogen-bond donors (Lipinski definition) is 2.